The first-order valence-electron chi connectivity index (χ1n) is 7.98. The van der Waals surface area contributed by atoms with Crippen LogP contribution in [0.5, 0.6) is 0 Å². The highest BCUT2D eigenvalue weighted by molar-refractivity contribution is 6.34. The SMILES string of the molecule is CC(C)C(=O)N1CCCC(C(=O)Nc2ccc(Cl)c(C(N)=O)c2)C1. The van der Waals surface area contributed by atoms with E-state index in [1.54, 1.807) is 11.0 Å². The summed E-state index contributed by atoms with van der Waals surface area (Å²) >= 11 is 5.90. The first kappa shape index (κ1) is 18.3. The molecule has 0 aliphatic carbocycles. The third-order valence-electron chi connectivity index (χ3n) is 4.10. The van der Waals surface area contributed by atoms with Gasteiger partial charge in [0.25, 0.3) is 0 Å². The van der Waals surface area contributed by atoms with Crippen molar-refractivity contribution in [1.82, 2.24) is 4.90 Å². The lowest BCUT2D eigenvalue weighted by Gasteiger charge is -2.33. The Balaban J connectivity index is 2.05. The molecular formula is C17H22ClN3O3. The molecule has 1 fully saturated rings. The van der Waals surface area contributed by atoms with Crippen molar-refractivity contribution in [3.63, 3.8) is 0 Å². The largest absolute Gasteiger partial charge is 0.366 e. The first-order chi connectivity index (χ1) is 11.3. The van der Waals surface area contributed by atoms with E-state index >= 15 is 0 Å². The highest BCUT2D eigenvalue weighted by Crippen LogP contribution is 2.23. The first-order valence-corrected chi connectivity index (χ1v) is 8.36. The van der Waals surface area contributed by atoms with E-state index in [1.165, 1.54) is 12.1 Å². The van der Waals surface area contributed by atoms with Crippen molar-refractivity contribution in [3.8, 4) is 0 Å². The zero-order valence-corrected chi connectivity index (χ0v) is 14.6. The maximum absolute atomic E-state index is 12.5. The third kappa shape index (κ3) is 4.26. The number of piperidine rings is 1. The fraction of sp³-hybridized carbons (Fsp3) is 0.471. The second-order valence-electron chi connectivity index (χ2n) is 6.33. The van der Waals surface area contributed by atoms with E-state index in [1.807, 2.05) is 13.8 Å². The number of halogens is 1. The number of benzene rings is 1. The molecule has 1 unspecified atom stereocenters. The number of hydrogen-bond acceptors (Lipinski definition) is 3. The quantitative estimate of drug-likeness (QED) is 0.871. The van der Waals surface area contributed by atoms with Gasteiger partial charge in [-0.05, 0) is 31.0 Å². The standard InChI is InChI=1S/C17H22ClN3O3/c1-10(2)17(24)21-7-3-4-11(9-21)16(23)20-12-5-6-14(18)13(8-12)15(19)22/h5-6,8,10-11H,3-4,7,9H2,1-2H3,(H2,19,22)(H,20,23). The molecule has 1 aromatic rings. The summed E-state index contributed by atoms with van der Waals surface area (Å²) in [5.74, 6) is -1.11. The molecular weight excluding hydrogens is 330 g/mol. The van der Waals surface area contributed by atoms with Gasteiger partial charge in [-0.15, -0.1) is 0 Å². The van der Waals surface area contributed by atoms with Crippen molar-refractivity contribution in [3.05, 3.63) is 28.8 Å². The van der Waals surface area contributed by atoms with Crippen molar-refractivity contribution in [2.45, 2.75) is 26.7 Å². The van der Waals surface area contributed by atoms with E-state index < -0.39 is 5.91 Å². The number of nitrogens with one attached hydrogen (secondary N) is 1. The Hall–Kier alpha value is -2.08. The number of nitrogens with two attached hydrogens (primary N) is 1. The molecule has 1 heterocycles. The summed E-state index contributed by atoms with van der Waals surface area (Å²) in [5.41, 5.74) is 5.88. The lowest BCUT2D eigenvalue weighted by atomic mass is 9.96. The normalized spacial score (nSPS) is 17.7. The average molecular weight is 352 g/mol. The topological polar surface area (TPSA) is 92.5 Å². The molecule has 1 aliphatic rings. The number of primary amides is 1. The summed E-state index contributed by atoms with van der Waals surface area (Å²) in [7, 11) is 0. The van der Waals surface area contributed by atoms with Gasteiger partial charge >= 0.3 is 0 Å². The molecule has 0 radical (unpaired) electrons. The van der Waals surface area contributed by atoms with E-state index in [0.717, 1.165) is 12.8 Å². The molecule has 3 amide bonds. The fourth-order valence-corrected chi connectivity index (χ4v) is 3.00. The van der Waals surface area contributed by atoms with Gasteiger partial charge in [-0.2, -0.15) is 0 Å². The van der Waals surface area contributed by atoms with Crippen LogP contribution in [-0.4, -0.2) is 35.7 Å². The fourth-order valence-electron chi connectivity index (χ4n) is 2.79. The zero-order chi connectivity index (χ0) is 17.9. The number of carbonyl (C=O) groups excluding carboxylic acids is 3. The van der Waals surface area contributed by atoms with Crippen LogP contribution >= 0.6 is 11.6 Å². The highest BCUT2D eigenvalue weighted by Gasteiger charge is 2.29. The van der Waals surface area contributed by atoms with Crippen LogP contribution in [0.1, 0.15) is 37.0 Å². The van der Waals surface area contributed by atoms with Crippen molar-refractivity contribution in [1.29, 1.82) is 0 Å². The van der Waals surface area contributed by atoms with Crippen LogP contribution in [0.15, 0.2) is 18.2 Å². The van der Waals surface area contributed by atoms with Crippen molar-refractivity contribution in [2.75, 3.05) is 18.4 Å². The minimum absolute atomic E-state index is 0.0648. The van der Waals surface area contributed by atoms with Crippen LogP contribution in [0.4, 0.5) is 5.69 Å². The van der Waals surface area contributed by atoms with Crippen LogP contribution < -0.4 is 11.1 Å². The second-order valence-corrected chi connectivity index (χ2v) is 6.73. The zero-order valence-electron chi connectivity index (χ0n) is 13.8. The summed E-state index contributed by atoms with van der Waals surface area (Å²) in [5, 5.41) is 3.02. The van der Waals surface area contributed by atoms with Crippen molar-refractivity contribution < 1.29 is 14.4 Å². The molecule has 3 N–H and O–H groups in total. The number of nitrogens with zero attached hydrogens (tertiary/aromatic N) is 1. The highest BCUT2D eigenvalue weighted by atomic mass is 35.5. The van der Waals surface area contributed by atoms with Gasteiger partial charge in [0.2, 0.25) is 17.7 Å². The number of amides is 3. The minimum atomic E-state index is -0.650. The van der Waals surface area contributed by atoms with Gasteiger partial charge in [-0.25, -0.2) is 0 Å². The molecule has 1 aliphatic heterocycles. The van der Waals surface area contributed by atoms with Gasteiger partial charge in [-0.3, -0.25) is 14.4 Å². The van der Waals surface area contributed by atoms with Crippen molar-refractivity contribution in [2.24, 2.45) is 17.6 Å². The molecule has 7 heteroatoms. The molecule has 1 saturated heterocycles. The maximum atomic E-state index is 12.5. The molecule has 24 heavy (non-hydrogen) atoms. The molecule has 1 aromatic carbocycles. The molecule has 1 atom stereocenters. The summed E-state index contributed by atoms with van der Waals surface area (Å²) < 4.78 is 0. The van der Waals surface area contributed by atoms with E-state index in [-0.39, 0.29) is 34.2 Å². The Bertz CT molecular complexity index is 660. The minimum Gasteiger partial charge on any atom is -0.366 e. The van der Waals surface area contributed by atoms with E-state index in [0.29, 0.717) is 18.8 Å². The Morgan fingerprint density at radius 1 is 1.33 bits per heavy atom. The van der Waals surface area contributed by atoms with Crippen molar-refractivity contribution >= 4 is 35.0 Å². The molecule has 0 saturated carbocycles. The van der Waals surface area contributed by atoms with Crippen LogP contribution in [0.2, 0.25) is 5.02 Å². The summed E-state index contributed by atoms with van der Waals surface area (Å²) in [6.07, 6.45) is 1.52. The number of rotatable bonds is 4. The summed E-state index contributed by atoms with van der Waals surface area (Å²) in [6.45, 7) is 4.81. The Morgan fingerprint density at radius 2 is 2.04 bits per heavy atom. The van der Waals surface area contributed by atoms with Gasteiger partial charge in [-0.1, -0.05) is 25.4 Å². The predicted molar refractivity (Wildman–Crippen MR) is 92.7 cm³/mol. The number of carbonyl (C=O) groups is 3. The predicted octanol–water partition coefficient (Wildman–Crippen LogP) is 2.27. The maximum Gasteiger partial charge on any atom is 0.250 e. The molecule has 2 rings (SSSR count). The molecule has 0 aromatic heterocycles. The van der Waals surface area contributed by atoms with Crippen LogP contribution in [0.25, 0.3) is 0 Å². The molecule has 130 valence electrons. The summed E-state index contributed by atoms with van der Waals surface area (Å²) in [6, 6.07) is 4.60. The molecule has 0 spiro atoms. The Morgan fingerprint density at radius 3 is 2.67 bits per heavy atom. The summed E-state index contributed by atoms with van der Waals surface area (Å²) in [4.78, 5) is 37.7. The van der Waals surface area contributed by atoms with Crippen LogP contribution in [-0.2, 0) is 9.59 Å². The van der Waals surface area contributed by atoms with Crippen LogP contribution in [0.3, 0.4) is 0 Å². The number of likely N-dealkylation sites (tertiary alicyclic amines) is 1. The lowest BCUT2D eigenvalue weighted by molar-refractivity contribution is -0.137. The lowest BCUT2D eigenvalue weighted by Crippen LogP contribution is -2.45. The van der Waals surface area contributed by atoms with Crippen LogP contribution in [0, 0.1) is 11.8 Å². The molecule has 0 bridgehead atoms. The van der Waals surface area contributed by atoms with Gasteiger partial charge < -0.3 is 16.0 Å². The number of anilines is 1. The van der Waals surface area contributed by atoms with Gasteiger partial charge in [0, 0.05) is 24.7 Å². The monoisotopic (exact) mass is 351 g/mol. The van der Waals surface area contributed by atoms with E-state index in [4.69, 9.17) is 17.3 Å². The third-order valence-corrected chi connectivity index (χ3v) is 4.43. The van der Waals surface area contributed by atoms with E-state index in [9.17, 15) is 14.4 Å². The van der Waals surface area contributed by atoms with E-state index in [2.05, 4.69) is 5.32 Å². The Kier molecular flexibility index (Phi) is 5.83. The Labute approximate surface area is 146 Å². The average Bonchev–Trinajstić information content (AvgIpc) is 2.55. The number of hydrogen-bond donors (Lipinski definition) is 2. The smallest absolute Gasteiger partial charge is 0.250 e. The van der Waals surface area contributed by atoms with Gasteiger partial charge in [0.15, 0.2) is 0 Å². The van der Waals surface area contributed by atoms with Gasteiger partial charge in [0.05, 0.1) is 16.5 Å². The molecule has 6 nitrogen and oxygen atoms in total. The second kappa shape index (κ2) is 7.66. The van der Waals surface area contributed by atoms with Gasteiger partial charge in [0.1, 0.15) is 0 Å².